The number of unbranched alkanes of at least 4 members (excludes halogenated alkanes) is 4. The zero-order chi connectivity index (χ0) is 27.6. The van der Waals surface area contributed by atoms with Gasteiger partial charge in [0, 0.05) is 13.2 Å². The van der Waals surface area contributed by atoms with Crippen LogP contribution in [0.5, 0.6) is 0 Å². The van der Waals surface area contributed by atoms with Gasteiger partial charge in [0.05, 0.1) is 0 Å². The van der Waals surface area contributed by atoms with E-state index < -0.39 is 6.62 Å². The standard InChI is InChI=1S/C35H47ClO2P/c1-3-29-37-35(38-30-4-2)24-18-10-8-6-5-7-9-13-19-31-25-27-34(28-26-31)39(36,32-20-14-11-15-21-32)33-22-16-12-17-23-33/h5,7,11-12,14-17,20-23,25-28,35H,3-4,6,8-10,13,18-19,24,29-30H2,1-2H3/q+1/b7-5-. The van der Waals surface area contributed by atoms with Gasteiger partial charge in [0.1, 0.15) is 27.2 Å². The fraction of sp³-hybridized carbons (Fsp3) is 0.429. The van der Waals surface area contributed by atoms with E-state index in [1.165, 1.54) is 47.2 Å². The fourth-order valence-corrected chi connectivity index (χ4v) is 8.34. The van der Waals surface area contributed by atoms with Crippen LogP contribution in [0, 0.1) is 0 Å². The molecule has 0 fully saturated rings. The molecule has 2 nitrogen and oxygen atoms in total. The van der Waals surface area contributed by atoms with Crippen LogP contribution in [0.4, 0.5) is 0 Å². The van der Waals surface area contributed by atoms with E-state index in [9.17, 15) is 0 Å². The van der Waals surface area contributed by atoms with E-state index in [-0.39, 0.29) is 6.29 Å². The van der Waals surface area contributed by atoms with Crippen LogP contribution in [0.3, 0.4) is 0 Å². The highest BCUT2D eigenvalue weighted by atomic mass is 35.7. The number of allylic oxidation sites excluding steroid dienone is 2. The van der Waals surface area contributed by atoms with Gasteiger partial charge in [-0.05, 0) is 99.7 Å². The second-order valence-corrected chi connectivity index (χ2v) is 14.3. The number of hydrogen-bond acceptors (Lipinski definition) is 2. The molecule has 0 aliphatic carbocycles. The Hall–Kier alpha value is -1.96. The molecule has 0 unspecified atom stereocenters. The summed E-state index contributed by atoms with van der Waals surface area (Å²) in [6.07, 6.45) is 16.0. The van der Waals surface area contributed by atoms with Gasteiger partial charge in [-0.3, -0.25) is 0 Å². The average Bonchev–Trinajstić information content (AvgIpc) is 2.99. The molecule has 0 saturated carbocycles. The molecule has 0 bridgehead atoms. The smallest absolute Gasteiger partial charge is 0.210 e. The maximum Gasteiger partial charge on any atom is 0.210 e. The highest BCUT2D eigenvalue weighted by molar-refractivity contribution is 8.14. The Morgan fingerprint density at radius 1 is 0.641 bits per heavy atom. The first-order valence-electron chi connectivity index (χ1n) is 14.9. The lowest BCUT2D eigenvalue weighted by Gasteiger charge is -2.19. The quantitative estimate of drug-likeness (QED) is 0.0624. The highest BCUT2D eigenvalue weighted by Gasteiger charge is 2.44. The Morgan fingerprint density at radius 3 is 1.69 bits per heavy atom. The monoisotopic (exact) mass is 565 g/mol. The van der Waals surface area contributed by atoms with Crippen molar-refractivity contribution >= 4 is 33.8 Å². The summed E-state index contributed by atoms with van der Waals surface area (Å²) in [6.45, 7) is 3.70. The summed E-state index contributed by atoms with van der Waals surface area (Å²) in [4.78, 5) is 0. The van der Waals surface area contributed by atoms with Crippen molar-refractivity contribution in [3.63, 3.8) is 0 Å². The molecule has 3 aromatic carbocycles. The molecule has 3 rings (SSSR count). The van der Waals surface area contributed by atoms with E-state index in [4.69, 9.17) is 20.7 Å². The van der Waals surface area contributed by atoms with Gasteiger partial charge in [-0.15, -0.1) is 0 Å². The lowest BCUT2D eigenvalue weighted by molar-refractivity contribution is -0.146. The van der Waals surface area contributed by atoms with E-state index >= 15 is 0 Å². The van der Waals surface area contributed by atoms with Gasteiger partial charge < -0.3 is 9.47 Å². The minimum atomic E-state index is -2.17. The third-order valence-corrected chi connectivity index (χ3v) is 11.6. The third-order valence-electron chi connectivity index (χ3n) is 6.85. The first-order chi connectivity index (χ1) is 19.2. The molecule has 3 aromatic rings. The molecule has 0 amide bonds. The Labute approximate surface area is 242 Å². The molecule has 0 aliphatic heterocycles. The minimum Gasteiger partial charge on any atom is -0.353 e. The van der Waals surface area contributed by atoms with Crippen LogP contribution in [0.1, 0.15) is 77.2 Å². The van der Waals surface area contributed by atoms with Gasteiger partial charge in [0.25, 0.3) is 0 Å². The van der Waals surface area contributed by atoms with Crippen molar-refractivity contribution in [2.75, 3.05) is 13.2 Å². The molecule has 0 atom stereocenters. The van der Waals surface area contributed by atoms with Gasteiger partial charge in [0.15, 0.2) is 6.29 Å². The zero-order valence-electron chi connectivity index (χ0n) is 23.9. The Balaban J connectivity index is 1.40. The third kappa shape index (κ3) is 10.5. The van der Waals surface area contributed by atoms with Crippen LogP contribution in [0.2, 0.25) is 0 Å². The first-order valence-corrected chi connectivity index (χ1v) is 17.6. The molecule has 0 saturated heterocycles. The van der Waals surface area contributed by atoms with Crippen molar-refractivity contribution in [3.05, 3.63) is 103 Å². The molecule has 0 N–H and O–H groups in total. The van der Waals surface area contributed by atoms with Crippen molar-refractivity contribution in [2.45, 2.75) is 84.3 Å². The van der Waals surface area contributed by atoms with Crippen LogP contribution in [-0.4, -0.2) is 19.5 Å². The van der Waals surface area contributed by atoms with Crippen LogP contribution in [0.25, 0.3) is 0 Å². The van der Waals surface area contributed by atoms with E-state index in [2.05, 4.69) is 111 Å². The SMILES string of the molecule is CCCOC(CCCCC/C=C\CCCc1ccc([P+](Cl)(c2ccccc2)c2ccccc2)cc1)OCCC. The molecule has 4 heteroatoms. The number of halogens is 1. The van der Waals surface area contributed by atoms with Gasteiger partial charge >= 0.3 is 0 Å². The maximum atomic E-state index is 7.52. The second-order valence-electron chi connectivity index (χ2n) is 10.1. The van der Waals surface area contributed by atoms with Crippen molar-refractivity contribution in [1.29, 1.82) is 0 Å². The summed E-state index contributed by atoms with van der Waals surface area (Å²) in [5, 5.41) is 3.61. The van der Waals surface area contributed by atoms with Crippen LogP contribution in [-0.2, 0) is 15.9 Å². The van der Waals surface area contributed by atoms with Crippen molar-refractivity contribution in [2.24, 2.45) is 0 Å². The number of aryl methyl sites for hydroxylation is 1. The number of rotatable bonds is 19. The number of hydrogen-bond donors (Lipinski definition) is 0. The van der Waals surface area contributed by atoms with E-state index in [0.717, 1.165) is 51.7 Å². The van der Waals surface area contributed by atoms with Crippen molar-refractivity contribution in [1.82, 2.24) is 0 Å². The summed E-state index contributed by atoms with van der Waals surface area (Å²) in [5.74, 6) is 0. The van der Waals surface area contributed by atoms with Crippen LogP contribution >= 0.6 is 17.9 Å². The normalized spacial score (nSPS) is 12.0. The fourth-order valence-electron chi connectivity index (χ4n) is 4.71. The van der Waals surface area contributed by atoms with Gasteiger partial charge in [-0.2, -0.15) is 0 Å². The minimum absolute atomic E-state index is 0.0195. The van der Waals surface area contributed by atoms with Crippen molar-refractivity contribution in [3.8, 4) is 0 Å². The molecular weight excluding hydrogens is 519 g/mol. The molecule has 210 valence electrons. The number of benzene rings is 3. The topological polar surface area (TPSA) is 18.5 Å². The lowest BCUT2D eigenvalue weighted by Crippen LogP contribution is -2.27. The largest absolute Gasteiger partial charge is 0.353 e. The Kier molecular flexibility index (Phi) is 14.9. The molecule has 0 radical (unpaired) electrons. The average molecular weight is 566 g/mol. The van der Waals surface area contributed by atoms with E-state index in [1.807, 2.05) is 0 Å². The van der Waals surface area contributed by atoms with Crippen molar-refractivity contribution < 1.29 is 9.47 Å². The van der Waals surface area contributed by atoms with Gasteiger partial charge in [-0.1, -0.05) is 81.0 Å². The van der Waals surface area contributed by atoms with E-state index in [1.54, 1.807) is 0 Å². The first kappa shape index (κ1) is 31.6. The molecule has 0 aromatic heterocycles. The summed E-state index contributed by atoms with van der Waals surface area (Å²) in [5.41, 5.74) is 1.38. The molecule has 0 spiro atoms. The Morgan fingerprint density at radius 2 is 1.15 bits per heavy atom. The predicted molar refractivity (Wildman–Crippen MR) is 172 cm³/mol. The second kappa shape index (κ2) is 18.4. The summed E-state index contributed by atoms with van der Waals surface area (Å²) >= 11 is 7.52. The van der Waals surface area contributed by atoms with Gasteiger partial charge in [-0.25, -0.2) is 0 Å². The molecule has 0 heterocycles. The summed E-state index contributed by atoms with van der Waals surface area (Å²) in [6, 6.07) is 30.1. The maximum absolute atomic E-state index is 7.52. The Bertz CT molecular complexity index is 1010. The van der Waals surface area contributed by atoms with Crippen LogP contribution in [0.15, 0.2) is 97.1 Å². The lowest BCUT2D eigenvalue weighted by atomic mass is 10.1. The van der Waals surface area contributed by atoms with Crippen LogP contribution < -0.4 is 15.9 Å². The number of ether oxygens (including phenoxy) is 2. The highest BCUT2D eigenvalue weighted by Crippen LogP contribution is 2.60. The predicted octanol–water partition coefficient (Wildman–Crippen LogP) is 9.14. The molecular formula is C35H47ClO2P+. The molecule has 0 aliphatic rings. The summed E-state index contributed by atoms with van der Waals surface area (Å²) < 4.78 is 11.6. The zero-order valence-corrected chi connectivity index (χ0v) is 25.6. The van der Waals surface area contributed by atoms with Gasteiger partial charge in [0.2, 0.25) is 6.62 Å². The van der Waals surface area contributed by atoms with E-state index in [0.29, 0.717) is 0 Å². The molecule has 39 heavy (non-hydrogen) atoms. The summed E-state index contributed by atoms with van der Waals surface area (Å²) in [7, 11) is 0.